The minimum atomic E-state index is -5.29. The molecular formula is C65H81F3N5O19S6+. The van der Waals surface area contributed by atoms with E-state index in [0.29, 0.717) is 90.0 Å². The Balaban J connectivity index is 1.13. The summed E-state index contributed by atoms with van der Waals surface area (Å²) in [5.74, 6) is -11.6. The fourth-order valence-electron chi connectivity index (χ4n) is 13.3. The molecule has 4 aromatic rings. The summed E-state index contributed by atoms with van der Waals surface area (Å²) >= 11 is 0. The molecule has 1 saturated carbocycles. The first-order valence-corrected chi connectivity index (χ1v) is 41.0. The number of rotatable bonds is 28. The van der Waals surface area contributed by atoms with Crippen LogP contribution in [0, 0.1) is 17.5 Å². The lowest BCUT2D eigenvalue weighted by atomic mass is 9.80. The van der Waals surface area contributed by atoms with E-state index in [4.69, 9.17) is 5.14 Å². The van der Waals surface area contributed by atoms with E-state index in [0.717, 1.165) is 36.0 Å². The van der Waals surface area contributed by atoms with Crippen molar-refractivity contribution in [2.75, 3.05) is 40.6 Å². The minimum absolute atomic E-state index is 0.0785. The zero-order chi connectivity index (χ0) is 72.3. The number of carbonyl (C=O) groups is 2. The number of carboxylic acid groups (broad SMARTS) is 1. The van der Waals surface area contributed by atoms with E-state index in [-0.39, 0.29) is 61.4 Å². The second kappa shape index (κ2) is 30.3. The molecule has 0 saturated heterocycles. The fraction of sp³-hybridized carbons (Fsp3) is 0.462. The standard InChI is InChI=1S/C65H80F3N5O19S6/c1-64(2)49-39-46(97(87,88)89)25-27-52(49)72(32-10-12-34-94(79,80)81)54(64)29-23-43-15-14-16-44(24-30-55-65(3,4)50-40-47(98(90,91)92)26-28-53(50)73(55)33-11-13-35-95(82,83)84)48(43)37-41-19-21-42(22-20-41)38-51(63(75)76)71-56(74)31-36-93(77,78)62-58(67)57(66)61(96(69,85)86)59(68)60(62)70-45-17-8-6-5-7-9-18-45/h19-30,39-40,45,51,70H,5-18,31-38H2,1-4H3,(H7-,69,71,74,75,76,79,80,81,82,83,84,85,86,87,88,89,90,91,92)/p+1/t51-/m0/s1. The van der Waals surface area contributed by atoms with Crippen LogP contribution >= 0.6 is 0 Å². The lowest BCUT2D eigenvalue weighted by Gasteiger charge is -2.28. The largest absolute Gasteiger partial charge is 0.480 e. The van der Waals surface area contributed by atoms with E-state index >= 15 is 13.2 Å². The Morgan fingerprint density at radius 3 is 1.83 bits per heavy atom. The molecule has 0 radical (unpaired) electrons. The van der Waals surface area contributed by atoms with Crippen molar-refractivity contribution in [2.45, 2.75) is 179 Å². The van der Waals surface area contributed by atoms with Gasteiger partial charge in [-0.25, -0.2) is 39.9 Å². The number of hydrogen-bond donors (Lipinski definition) is 8. The number of aliphatic carboxylic acids is 1. The van der Waals surface area contributed by atoms with E-state index in [1.54, 1.807) is 36.4 Å². The molecule has 2 aliphatic carbocycles. The number of primary sulfonamides is 1. The SMILES string of the molecule is CC1(C)C(/C=C/C2=C(Cc3ccc(C[C@H](NC(=O)CCS(=O)(=O)c4c(F)c(F)c(S(N)(=O)=O)c(F)c4NC4CCCCCCC4)C(=O)O)cc3)C(=C/C=C3/N(CCCCS(=O)(=O)O)c4ccc(S(=O)(=O)O)cc4C3(C)C)/CCC2)=[N+](CCCCS(=O)(=O)O)c2ccc(S(=O)(=O)O)cc21. The number of sulfone groups is 1. The van der Waals surface area contributed by atoms with Gasteiger partial charge >= 0.3 is 5.97 Å². The van der Waals surface area contributed by atoms with E-state index in [9.17, 15) is 83.4 Å². The van der Waals surface area contributed by atoms with Crippen LogP contribution in [-0.4, -0.2) is 138 Å². The average molecular weight is 1490 g/mol. The lowest BCUT2D eigenvalue weighted by Crippen LogP contribution is -2.42. The number of allylic oxidation sites excluding steroid dienone is 8. The molecule has 4 aromatic carbocycles. The van der Waals surface area contributed by atoms with E-state index < -0.39 is 152 Å². The summed E-state index contributed by atoms with van der Waals surface area (Å²) in [6.45, 7) is 7.89. The highest BCUT2D eigenvalue weighted by molar-refractivity contribution is 7.91. The van der Waals surface area contributed by atoms with Crippen LogP contribution < -0.4 is 20.7 Å². The smallest absolute Gasteiger partial charge is 0.326 e. The Labute approximate surface area is 570 Å². The molecule has 1 atom stereocenters. The maximum Gasteiger partial charge on any atom is 0.326 e. The topological polar surface area (TPSA) is 396 Å². The molecular weight excluding hydrogens is 1400 g/mol. The van der Waals surface area contributed by atoms with Gasteiger partial charge in [0.25, 0.3) is 40.5 Å². The molecule has 4 aliphatic rings. The number of nitrogens with zero attached hydrogens (tertiary/aromatic N) is 2. The third-order valence-corrected chi connectivity index (χ3v) is 24.3. The molecule has 536 valence electrons. The molecule has 9 N–H and O–H groups in total. The normalized spacial score (nSPS) is 18.5. The van der Waals surface area contributed by atoms with Crippen molar-refractivity contribution in [3.63, 3.8) is 0 Å². The highest BCUT2D eigenvalue weighted by Gasteiger charge is 2.46. The van der Waals surface area contributed by atoms with Gasteiger partial charge in [0.05, 0.1) is 38.2 Å². The third kappa shape index (κ3) is 18.7. The molecule has 1 fully saturated rings. The van der Waals surface area contributed by atoms with Crippen molar-refractivity contribution in [1.82, 2.24) is 5.32 Å². The number of amides is 1. The number of nitrogens with two attached hydrogens (primary N) is 1. The molecule has 0 bridgehead atoms. The molecule has 0 spiro atoms. The Morgan fingerprint density at radius 1 is 0.663 bits per heavy atom. The molecule has 0 unspecified atom stereocenters. The van der Waals surface area contributed by atoms with Crippen LogP contribution in [-0.2, 0) is 93.6 Å². The number of anilines is 2. The van der Waals surface area contributed by atoms with Crippen LogP contribution in [0.2, 0.25) is 0 Å². The van der Waals surface area contributed by atoms with Crippen molar-refractivity contribution in [2.24, 2.45) is 5.14 Å². The number of fused-ring (bicyclic) bond motifs is 2. The van der Waals surface area contributed by atoms with Gasteiger partial charge in [0.2, 0.25) is 21.6 Å². The second-order valence-corrected chi connectivity index (χ2v) is 35.6. The van der Waals surface area contributed by atoms with E-state index in [1.165, 1.54) is 24.3 Å². The third-order valence-electron chi connectivity index (χ3n) is 18.3. The second-order valence-electron chi connectivity index (χ2n) is 26.1. The Hall–Kier alpha value is -6.66. The predicted octanol–water partition coefficient (Wildman–Crippen LogP) is 9.35. The van der Waals surface area contributed by atoms with Gasteiger partial charge in [-0.05, 0) is 141 Å². The number of carboxylic acids is 1. The highest BCUT2D eigenvalue weighted by Crippen LogP contribution is 2.49. The van der Waals surface area contributed by atoms with Gasteiger partial charge in [-0.15, -0.1) is 0 Å². The van der Waals surface area contributed by atoms with Gasteiger partial charge in [0.15, 0.2) is 37.9 Å². The zero-order valence-electron chi connectivity index (χ0n) is 54.3. The number of unbranched alkanes of at least 4 members (excludes halogenated alkanes) is 2. The van der Waals surface area contributed by atoms with Crippen LogP contribution in [0.1, 0.15) is 146 Å². The first kappa shape index (κ1) is 77.1. The lowest BCUT2D eigenvalue weighted by molar-refractivity contribution is -0.438. The van der Waals surface area contributed by atoms with Crippen LogP contribution in [0.4, 0.5) is 30.2 Å². The first-order valence-electron chi connectivity index (χ1n) is 31.7. The summed E-state index contributed by atoms with van der Waals surface area (Å²) in [7, 11) is -28.4. The molecule has 1 amide bonds. The fourth-order valence-corrected chi connectivity index (χ4v) is 17.6. The van der Waals surface area contributed by atoms with Crippen molar-refractivity contribution >= 4 is 95.0 Å². The number of hydrogen-bond acceptors (Lipinski definition) is 16. The van der Waals surface area contributed by atoms with Gasteiger partial charge in [0.1, 0.15) is 17.5 Å². The number of benzene rings is 4. The quantitative estimate of drug-likeness (QED) is 0.0113. The summed E-state index contributed by atoms with van der Waals surface area (Å²) in [5.41, 5.74) is 4.12. The van der Waals surface area contributed by atoms with Gasteiger partial charge in [-0.1, -0.05) is 82.4 Å². The van der Waals surface area contributed by atoms with Crippen molar-refractivity contribution in [3.8, 4) is 0 Å². The number of halogens is 3. The summed E-state index contributed by atoms with van der Waals surface area (Å²) in [6, 6.07) is 12.6. The molecule has 8 rings (SSSR count). The van der Waals surface area contributed by atoms with Crippen LogP contribution in [0.15, 0.2) is 127 Å². The molecule has 33 heteroatoms. The van der Waals surface area contributed by atoms with Crippen molar-refractivity contribution < 1.29 is 101 Å². The van der Waals surface area contributed by atoms with E-state index in [1.807, 2.05) is 61.5 Å². The molecule has 98 heavy (non-hydrogen) atoms. The highest BCUT2D eigenvalue weighted by atomic mass is 32.2. The number of sulfonamides is 1. The maximum absolute atomic E-state index is 16.1. The van der Waals surface area contributed by atoms with Crippen LogP contribution in [0.5, 0.6) is 0 Å². The minimum Gasteiger partial charge on any atom is -0.480 e. The molecule has 24 nitrogen and oxygen atoms in total. The Kier molecular flexibility index (Phi) is 23.8. The van der Waals surface area contributed by atoms with Crippen LogP contribution in [0.3, 0.4) is 0 Å². The summed E-state index contributed by atoms with van der Waals surface area (Å²) in [6.07, 6.45) is 13.1. The molecule has 0 aromatic heterocycles. The Bertz CT molecular complexity index is 4680. The van der Waals surface area contributed by atoms with Gasteiger partial charge in [0, 0.05) is 66.4 Å². The summed E-state index contributed by atoms with van der Waals surface area (Å²) in [5, 5.41) is 20.3. The average Bonchev–Trinajstić information content (AvgIpc) is 1.58. The molecule has 2 heterocycles. The van der Waals surface area contributed by atoms with E-state index in [2.05, 4.69) is 10.6 Å². The van der Waals surface area contributed by atoms with Crippen molar-refractivity contribution in [1.29, 1.82) is 0 Å². The predicted molar refractivity (Wildman–Crippen MR) is 361 cm³/mol. The Morgan fingerprint density at radius 2 is 1.23 bits per heavy atom. The first-order chi connectivity index (χ1) is 45.5. The maximum atomic E-state index is 16.1. The number of nitrogens with one attached hydrogen (secondary N) is 2. The van der Waals surface area contributed by atoms with Gasteiger partial charge in [-0.2, -0.15) is 38.2 Å². The van der Waals surface area contributed by atoms with Crippen molar-refractivity contribution in [3.05, 3.63) is 147 Å². The molecule has 2 aliphatic heterocycles. The van der Waals surface area contributed by atoms with Crippen LogP contribution in [0.25, 0.3) is 0 Å². The summed E-state index contributed by atoms with van der Waals surface area (Å²) < 4.78 is 238. The van der Waals surface area contributed by atoms with Gasteiger partial charge in [-0.3, -0.25) is 23.0 Å². The van der Waals surface area contributed by atoms with Gasteiger partial charge < -0.3 is 20.6 Å². The summed E-state index contributed by atoms with van der Waals surface area (Å²) in [4.78, 5) is 24.0. The number of carbonyl (C=O) groups excluding carboxylic acids is 1. The monoisotopic (exact) mass is 1480 g/mol. The zero-order valence-corrected chi connectivity index (χ0v) is 59.2.